The first-order chi connectivity index (χ1) is 33.0. The van der Waals surface area contributed by atoms with Crippen LogP contribution >= 0.6 is 0 Å². The van der Waals surface area contributed by atoms with Gasteiger partial charge in [-0.2, -0.15) is 0 Å². The highest BCUT2D eigenvalue weighted by Crippen LogP contribution is 2.16. The van der Waals surface area contributed by atoms with Crippen LogP contribution in [0.2, 0.25) is 0 Å². The average molecular weight is 938 g/mol. The van der Waals surface area contributed by atoms with E-state index in [2.05, 4.69) is 81.5 Å². The highest BCUT2D eigenvalue weighted by Gasteiger charge is 2.19. The molecule has 0 fully saturated rings. The van der Waals surface area contributed by atoms with E-state index in [-0.39, 0.29) is 31.1 Å². The Balaban J connectivity index is 4.37. The summed E-state index contributed by atoms with van der Waals surface area (Å²) in [6, 6.07) is 0. The van der Waals surface area contributed by atoms with Gasteiger partial charge in [-0.15, -0.1) is 0 Å². The van der Waals surface area contributed by atoms with Gasteiger partial charge >= 0.3 is 17.9 Å². The smallest absolute Gasteiger partial charge is 0.306 e. The summed E-state index contributed by atoms with van der Waals surface area (Å²) in [5.74, 6) is -0.903. The second-order valence-corrected chi connectivity index (χ2v) is 19.2. The molecule has 0 aromatic heterocycles. The molecular weight excluding hydrogens is 829 g/mol. The fourth-order valence-electron chi connectivity index (χ4n) is 8.19. The summed E-state index contributed by atoms with van der Waals surface area (Å²) in [6.45, 7) is 6.51. The van der Waals surface area contributed by atoms with Crippen LogP contribution in [0.5, 0.6) is 0 Å². The molecule has 67 heavy (non-hydrogen) atoms. The number of hydrogen-bond donors (Lipinski definition) is 0. The zero-order valence-electron chi connectivity index (χ0n) is 44.4. The van der Waals surface area contributed by atoms with Crippen LogP contribution in [0.1, 0.15) is 290 Å². The van der Waals surface area contributed by atoms with Crippen molar-refractivity contribution in [1.29, 1.82) is 0 Å². The summed E-state index contributed by atoms with van der Waals surface area (Å²) in [7, 11) is 0. The molecule has 0 saturated heterocycles. The van der Waals surface area contributed by atoms with Crippen molar-refractivity contribution in [2.45, 2.75) is 297 Å². The molecule has 0 aliphatic carbocycles. The number of unbranched alkanes of at least 4 members (excludes halogenated alkanes) is 31. The highest BCUT2D eigenvalue weighted by atomic mass is 16.6. The second kappa shape index (κ2) is 55.7. The lowest BCUT2D eigenvalue weighted by molar-refractivity contribution is -0.167. The van der Waals surface area contributed by atoms with E-state index in [4.69, 9.17) is 14.2 Å². The monoisotopic (exact) mass is 937 g/mol. The number of hydrogen-bond acceptors (Lipinski definition) is 6. The van der Waals surface area contributed by atoms with Crippen LogP contribution in [0, 0.1) is 0 Å². The van der Waals surface area contributed by atoms with Gasteiger partial charge in [0.2, 0.25) is 0 Å². The number of carbonyl (C=O) groups is 3. The van der Waals surface area contributed by atoms with Crippen LogP contribution in [-0.4, -0.2) is 37.2 Å². The van der Waals surface area contributed by atoms with Crippen LogP contribution in [0.25, 0.3) is 0 Å². The zero-order valence-corrected chi connectivity index (χ0v) is 44.4. The molecule has 0 aromatic rings. The average Bonchev–Trinajstić information content (AvgIpc) is 3.33. The topological polar surface area (TPSA) is 78.9 Å². The quantitative estimate of drug-likeness (QED) is 0.0262. The molecule has 0 aliphatic heterocycles. The largest absolute Gasteiger partial charge is 0.462 e. The molecule has 0 saturated carbocycles. The van der Waals surface area contributed by atoms with Crippen LogP contribution in [-0.2, 0) is 28.6 Å². The predicted molar refractivity (Wildman–Crippen MR) is 288 cm³/mol. The van der Waals surface area contributed by atoms with Crippen molar-refractivity contribution in [2.75, 3.05) is 13.2 Å². The van der Waals surface area contributed by atoms with Crippen LogP contribution in [0.15, 0.2) is 60.8 Å². The number of rotatable bonds is 52. The molecule has 0 heterocycles. The molecule has 0 bridgehead atoms. The van der Waals surface area contributed by atoms with Gasteiger partial charge in [0, 0.05) is 19.3 Å². The first-order valence-electron chi connectivity index (χ1n) is 28.8. The molecule has 0 spiro atoms. The molecule has 0 unspecified atom stereocenters. The van der Waals surface area contributed by atoms with Crippen LogP contribution < -0.4 is 0 Å². The molecule has 0 aromatic carbocycles. The minimum absolute atomic E-state index is 0.0834. The van der Waals surface area contributed by atoms with E-state index in [9.17, 15) is 14.4 Å². The summed E-state index contributed by atoms with van der Waals surface area (Å²) < 4.78 is 16.9. The summed E-state index contributed by atoms with van der Waals surface area (Å²) in [4.78, 5) is 38.1. The number of carbonyl (C=O) groups excluding carboxylic acids is 3. The van der Waals surface area contributed by atoms with Crippen molar-refractivity contribution < 1.29 is 28.6 Å². The Morgan fingerprint density at radius 3 is 0.940 bits per heavy atom. The van der Waals surface area contributed by atoms with Gasteiger partial charge < -0.3 is 14.2 Å². The normalized spacial score (nSPS) is 12.5. The van der Waals surface area contributed by atoms with E-state index in [1.54, 1.807) is 0 Å². The molecule has 6 nitrogen and oxygen atoms in total. The Bertz CT molecular complexity index is 1210. The van der Waals surface area contributed by atoms with Gasteiger partial charge in [0.25, 0.3) is 0 Å². The lowest BCUT2D eigenvalue weighted by Crippen LogP contribution is -2.30. The van der Waals surface area contributed by atoms with Gasteiger partial charge in [-0.1, -0.05) is 248 Å². The van der Waals surface area contributed by atoms with E-state index in [0.29, 0.717) is 19.3 Å². The third-order valence-electron chi connectivity index (χ3n) is 12.5. The van der Waals surface area contributed by atoms with Gasteiger partial charge in [0.1, 0.15) is 13.2 Å². The van der Waals surface area contributed by atoms with Crippen molar-refractivity contribution in [2.24, 2.45) is 0 Å². The summed E-state index contributed by atoms with van der Waals surface area (Å²) >= 11 is 0. The standard InChI is InChI=1S/C61H108O6/c1-4-7-10-13-16-19-22-25-28-29-30-31-34-36-39-42-45-48-51-54-60(63)66-57-58(67-61(64)55-52-49-46-43-40-37-33-27-24-21-18-15-12-9-6-3)56-65-59(62)53-50-47-44-41-38-35-32-26-23-20-17-14-11-8-5-2/h9,12,17-18,20-21,26-27,32-33,58H,4-8,10-11,13-16,19,22-25,28-31,34-57H2,1-3H3/b12-9-,20-17-,21-18-,32-26-,33-27-/t58-/m1/s1. The van der Waals surface area contributed by atoms with Crippen LogP contribution in [0.3, 0.4) is 0 Å². The van der Waals surface area contributed by atoms with E-state index in [1.807, 2.05) is 0 Å². The van der Waals surface area contributed by atoms with E-state index < -0.39 is 6.10 Å². The molecular formula is C61H108O6. The van der Waals surface area contributed by atoms with Crippen molar-refractivity contribution in [3.05, 3.63) is 60.8 Å². The Morgan fingerprint density at radius 2 is 0.582 bits per heavy atom. The Hall–Kier alpha value is -2.89. The summed E-state index contributed by atoms with van der Waals surface area (Å²) in [5.41, 5.74) is 0. The second-order valence-electron chi connectivity index (χ2n) is 19.2. The maximum Gasteiger partial charge on any atom is 0.306 e. The fraction of sp³-hybridized carbons (Fsp3) is 0.787. The molecule has 0 N–H and O–H groups in total. The predicted octanol–water partition coefficient (Wildman–Crippen LogP) is 19.2. The fourth-order valence-corrected chi connectivity index (χ4v) is 8.19. The molecule has 6 heteroatoms. The highest BCUT2D eigenvalue weighted by molar-refractivity contribution is 5.71. The van der Waals surface area contributed by atoms with Gasteiger partial charge in [0.15, 0.2) is 6.10 Å². The van der Waals surface area contributed by atoms with Gasteiger partial charge in [-0.05, 0) is 83.5 Å². The maximum absolute atomic E-state index is 12.8. The lowest BCUT2D eigenvalue weighted by Gasteiger charge is -2.18. The molecule has 0 rings (SSSR count). The van der Waals surface area contributed by atoms with Gasteiger partial charge in [-0.25, -0.2) is 0 Å². The molecule has 0 radical (unpaired) electrons. The minimum Gasteiger partial charge on any atom is -0.462 e. The van der Waals surface area contributed by atoms with E-state index in [1.165, 1.54) is 135 Å². The van der Waals surface area contributed by atoms with Crippen molar-refractivity contribution in [3.63, 3.8) is 0 Å². The Morgan fingerprint density at radius 1 is 0.313 bits per heavy atom. The molecule has 0 aliphatic rings. The third kappa shape index (κ3) is 53.9. The Labute approximate surface area is 415 Å². The summed E-state index contributed by atoms with van der Waals surface area (Å²) in [6.07, 6.45) is 69.2. The van der Waals surface area contributed by atoms with E-state index in [0.717, 1.165) is 116 Å². The summed E-state index contributed by atoms with van der Waals surface area (Å²) in [5, 5.41) is 0. The Kier molecular flexibility index (Phi) is 53.3. The molecule has 0 amide bonds. The number of esters is 3. The first-order valence-corrected chi connectivity index (χ1v) is 28.8. The third-order valence-corrected chi connectivity index (χ3v) is 12.5. The van der Waals surface area contributed by atoms with E-state index >= 15 is 0 Å². The van der Waals surface area contributed by atoms with Crippen molar-refractivity contribution in [1.82, 2.24) is 0 Å². The van der Waals surface area contributed by atoms with Gasteiger partial charge in [0.05, 0.1) is 0 Å². The maximum atomic E-state index is 12.8. The first kappa shape index (κ1) is 64.1. The zero-order chi connectivity index (χ0) is 48.6. The molecule has 388 valence electrons. The molecule has 1 atom stereocenters. The van der Waals surface area contributed by atoms with Crippen molar-refractivity contribution in [3.8, 4) is 0 Å². The van der Waals surface area contributed by atoms with Crippen molar-refractivity contribution >= 4 is 17.9 Å². The number of ether oxygens (including phenoxy) is 3. The minimum atomic E-state index is -0.787. The van der Waals surface area contributed by atoms with Crippen LogP contribution in [0.4, 0.5) is 0 Å². The SMILES string of the molecule is CC/C=C\C/C=C\C/C=C\CCCCCCCC(=O)O[C@H](COC(=O)CCCCCCC/C=C\C/C=C\CCCCC)COC(=O)CCCCCCCCCCCCCCCCCCCCC. The van der Waals surface area contributed by atoms with Gasteiger partial charge in [-0.3, -0.25) is 14.4 Å². The number of allylic oxidation sites excluding steroid dienone is 10. The lowest BCUT2D eigenvalue weighted by atomic mass is 10.0.